The van der Waals surface area contributed by atoms with Crippen LogP contribution >= 0.6 is 11.6 Å². The lowest BCUT2D eigenvalue weighted by Crippen LogP contribution is -2.40. The van der Waals surface area contributed by atoms with Crippen LogP contribution in [0.2, 0.25) is 5.02 Å². The van der Waals surface area contributed by atoms with E-state index in [1.165, 1.54) is 27.4 Å². The van der Waals surface area contributed by atoms with Gasteiger partial charge in [-0.1, -0.05) is 17.7 Å². The Morgan fingerprint density at radius 3 is 2.67 bits per heavy atom. The van der Waals surface area contributed by atoms with Crippen molar-refractivity contribution < 1.29 is 17.6 Å². The second-order valence-electron chi connectivity index (χ2n) is 6.52. The van der Waals surface area contributed by atoms with Gasteiger partial charge in [0.2, 0.25) is 15.9 Å². The smallest absolute Gasteiger partial charge is 0.228 e. The number of aromatic nitrogens is 2. The van der Waals surface area contributed by atoms with Gasteiger partial charge in [0, 0.05) is 41.9 Å². The molecule has 3 rings (SSSR count). The van der Waals surface area contributed by atoms with Crippen molar-refractivity contribution >= 4 is 33.3 Å². The molecule has 0 radical (unpaired) electrons. The molecular formula is C17H20ClFN4O3S. The SMILES string of the molecule is CS(=O)(=O)N1CCC(C(=O)Nc2ccn(Cc3c(F)cccc3Cl)n2)CC1. The van der Waals surface area contributed by atoms with Crippen molar-refractivity contribution in [3.8, 4) is 0 Å². The maximum Gasteiger partial charge on any atom is 0.228 e. The summed E-state index contributed by atoms with van der Waals surface area (Å²) in [7, 11) is -3.22. The average Bonchev–Trinajstić information content (AvgIpc) is 3.05. The van der Waals surface area contributed by atoms with Gasteiger partial charge in [-0.05, 0) is 25.0 Å². The fourth-order valence-corrected chi connectivity index (χ4v) is 4.14. The second-order valence-corrected chi connectivity index (χ2v) is 8.91. The van der Waals surface area contributed by atoms with Gasteiger partial charge in [-0.2, -0.15) is 5.10 Å². The van der Waals surface area contributed by atoms with Crippen LogP contribution in [0, 0.1) is 11.7 Å². The molecule has 2 heterocycles. The second kappa shape index (κ2) is 7.95. The monoisotopic (exact) mass is 414 g/mol. The maximum atomic E-state index is 13.9. The van der Waals surface area contributed by atoms with E-state index in [9.17, 15) is 17.6 Å². The molecule has 2 aromatic rings. The van der Waals surface area contributed by atoms with Crippen LogP contribution in [0.3, 0.4) is 0 Å². The van der Waals surface area contributed by atoms with Crippen LogP contribution in [0.4, 0.5) is 10.2 Å². The minimum atomic E-state index is -3.22. The highest BCUT2D eigenvalue weighted by atomic mass is 35.5. The summed E-state index contributed by atoms with van der Waals surface area (Å²) >= 11 is 6.02. The Kier molecular flexibility index (Phi) is 5.83. The number of rotatable bonds is 5. The van der Waals surface area contributed by atoms with E-state index in [1.54, 1.807) is 18.3 Å². The molecule has 27 heavy (non-hydrogen) atoms. The van der Waals surface area contributed by atoms with Gasteiger partial charge < -0.3 is 5.32 Å². The molecule has 146 valence electrons. The van der Waals surface area contributed by atoms with Crippen molar-refractivity contribution in [3.63, 3.8) is 0 Å². The number of nitrogens with zero attached hydrogens (tertiary/aromatic N) is 3. The van der Waals surface area contributed by atoms with E-state index in [1.807, 2.05) is 0 Å². The Labute approximate surface area is 162 Å². The van der Waals surface area contributed by atoms with Crippen LogP contribution in [0.5, 0.6) is 0 Å². The summed E-state index contributed by atoms with van der Waals surface area (Å²) < 4.78 is 39.8. The highest BCUT2D eigenvalue weighted by molar-refractivity contribution is 7.88. The average molecular weight is 415 g/mol. The minimum absolute atomic E-state index is 0.147. The number of hydrogen-bond acceptors (Lipinski definition) is 4. The molecule has 0 spiro atoms. The first kappa shape index (κ1) is 19.8. The molecule has 1 saturated heterocycles. The number of anilines is 1. The fourth-order valence-electron chi connectivity index (χ4n) is 3.04. The standard InChI is InChI=1S/C17H20ClFN4O3S/c1-27(25,26)23-9-5-12(6-10-23)17(24)20-16-7-8-22(21-16)11-13-14(18)3-2-4-15(13)19/h2-4,7-8,12H,5-6,9-11H2,1H3,(H,20,21,24). The Morgan fingerprint density at radius 2 is 2.04 bits per heavy atom. The van der Waals surface area contributed by atoms with Gasteiger partial charge in [-0.15, -0.1) is 0 Å². The normalized spacial score (nSPS) is 16.4. The van der Waals surface area contributed by atoms with E-state index in [0.717, 1.165) is 0 Å². The van der Waals surface area contributed by atoms with Gasteiger partial charge in [0.25, 0.3) is 0 Å². The number of amides is 1. The first-order chi connectivity index (χ1) is 12.7. The van der Waals surface area contributed by atoms with Gasteiger partial charge in [-0.3, -0.25) is 9.48 Å². The Bertz CT molecular complexity index is 919. The third-order valence-corrected chi connectivity index (χ3v) is 6.22. The number of halogens is 2. The van der Waals surface area contributed by atoms with Crippen LogP contribution in [0.25, 0.3) is 0 Å². The Morgan fingerprint density at radius 1 is 1.33 bits per heavy atom. The van der Waals surface area contributed by atoms with Gasteiger partial charge >= 0.3 is 0 Å². The van der Waals surface area contributed by atoms with E-state index < -0.39 is 15.8 Å². The number of nitrogens with one attached hydrogen (secondary N) is 1. The van der Waals surface area contributed by atoms with E-state index in [0.29, 0.717) is 42.3 Å². The molecule has 1 N–H and O–H groups in total. The molecule has 1 aromatic heterocycles. The lowest BCUT2D eigenvalue weighted by Gasteiger charge is -2.29. The van der Waals surface area contributed by atoms with Crippen LogP contribution in [-0.4, -0.2) is 47.8 Å². The van der Waals surface area contributed by atoms with Crippen molar-refractivity contribution in [2.24, 2.45) is 5.92 Å². The number of hydrogen-bond donors (Lipinski definition) is 1. The fraction of sp³-hybridized carbons (Fsp3) is 0.412. The molecule has 10 heteroatoms. The third kappa shape index (κ3) is 4.85. The topological polar surface area (TPSA) is 84.3 Å². The molecule has 7 nitrogen and oxygen atoms in total. The van der Waals surface area contributed by atoms with Crippen molar-refractivity contribution in [1.29, 1.82) is 0 Å². The van der Waals surface area contributed by atoms with Crippen molar-refractivity contribution in [2.75, 3.05) is 24.7 Å². The molecule has 0 bridgehead atoms. The van der Waals surface area contributed by atoms with Gasteiger partial charge in [0.15, 0.2) is 5.82 Å². The number of piperidine rings is 1. The lowest BCUT2D eigenvalue weighted by atomic mass is 9.97. The zero-order valence-electron chi connectivity index (χ0n) is 14.7. The van der Waals surface area contributed by atoms with E-state index in [4.69, 9.17) is 11.6 Å². The van der Waals surface area contributed by atoms with Gasteiger partial charge in [0.05, 0.1) is 12.8 Å². The van der Waals surface area contributed by atoms with Gasteiger partial charge in [0.1, 0.15) is 5.82 Å². The van der Waals surface area contributed by atoms with E-state index >= 15 is 0 Å². The Hall–Kier alpha value is -1.97. The molecule has 1 aromatic carbocycles. The zero-order chi connectivity index (χ0) is 19.6. The first-order valence-corrected chi connectivity index (χ1v) is 10.7. The molecule has 1 amide bonds. The summed E-state index contributed by atoms with van der Waals surface area (Å²) in [5.41, 5.74) is 0.327. The molecule has 1 aliphatic rings. The van der Waals surface area contributed by atoms with Crippen LogP contribution in [0.1, 0.15) is 18.4 Å². The highest BCUT2D eigenvalue weighted by Gasteiger charge is 2.29. The van der Waals surface area contributed by atoms with E-state index in [-0.39, 0.29) is 18.4 Å². The summed E-state index contributed by atoms with van der Waals surface area (Å²) in [6.07, 6.45) is 3.72. The minimum Gasteiger partial charge on any atom is -0.309 e. The molecule has 1 fully saturated rings. The third-order valence-electron chi connectivity index (χ3n) is 4.57. The van der Waals surface area contributed by atoms with Crippen LogP contribution in [-0.2, 0) is 21.4 Å². The molecule has 0 unspecified atom stereocenters. The summed E-state index contributed by atoms with van der Waals surface area (Å²) in [5.74, 6) is -0.522. The quantitative estimate of drug-likeness (QED) is 0.813. The summed E-state index contributed by atoms with van der Waals surface area (Å²) in [6.45, 7) is 0.808. The highest BCUT2D eigenvalue weighted by Crippen LogP contribution is 2.22. The maximum absolute atomic E-state index is 13.9. The predicted octanol–water partition coefficient (Wildman–Crippen LogP) is 2.33. The molecule has 0 aliphatic carbocycles. The van der Waals surface area contributed by atoms with Gasteiger partial charge in [-0.25, -0.2) is 17.1 Å². The lowest BCUT2D eigenvalue weighted by molar-refractivity contribution is -0.120. The molecule has 1 aliphatic heterocycles. The first-order valence-electron chi connectivity index (χ1n) is 8.46. The summed E-state index contributed by atoms with van der Waals surface area (Å²) in [5, 5.41) is 7.28. The summed E-state index contributed by atoms with van der Waals surface area (Å²) in [6, 6.07) is 6.09. The molecule has 0 atom stereocenters. The molecule has 0 saturated carbocycles. The number of carbonyl (C=O) groups excluding carboxylic acids is 1. The van der Waals surface area contributed by atoms with Crippen molar-refractivity contribution in [3.05, 3.63) is 46.9 Å². The largest absolute Gasteiger partial charge is 0.309 e. The Balaban J connectivity index is 1.59. The molecular weight excluding hydrogens is 395 g/mol. The van der Waals surface area contributed by atoms with E-state index in [2.05, 4.69) is 10.4 Å². The van der Waals surface area contributed by atoms with Crippen LogP contribution in [0.15, 0.2) is 30.5 Å². The number of benzene rings is 1. The van der Waals surface area contributed by atoms with Crippen molar-refractivity contribution in [2.45, 2.75) is 19.4 Å². The summed E-state index contributed by atoms with van der Waals surface area (Å²) in [4.78, 5) is 12.4. The number of carbonyl (C=O) groups is 1. The number of sulfonamides is 1. The predicted molar refractivity (Wildman–Crippen MR) is 101 cm³/mol. The van der Waals surface area contributed by atoms with Crippen molar-refractivity contribution in [1.82, 2.24) is 14.1 Å². The zero-order valence-corrected chi connectivity index (χ0v) is 16.3. The van der Waals surface area contributed by atoms with Crippen LogP contribution < -0.4 is 5.32 Å².